The number of carbonyl (C=O) groups is 1. The molecule has 2 fully saturated rings. The van der Waals surface area contributed by atoms with Gasteiger partial charge in [0.2, 0.25) is 0 Å². The number of fused-ring (bicyclic) bond motifs is 1. The monoisotopic (exact) mass is 340 g/mol. The summed E-state index contributed by atoms with van der Waals surface area (Å²) in [5.41, 5.74) is 0.927. The number of amides is 1. The van der Waals surface area contributed by atoms with Crippen molar-refractivity contribution in [3.05, 3.63) is 36.1 Å². The minimum Gasteiger partial charge on any atom is -0.451 e. The number of benzene rings is 1. The van der Waals surface area contributed by atoms with Crippen molar-refractivity contribution in [1.82, 2.24) is 10.2 Å². The number of hydrogen-bond donors (Lipinski definition) is 1. The van der Waals surface area contributed by atoms with Gasteiger partial charge in [-0.3, -0.25) is 9.69 Å². The normalized spacial score (nSPS) is 21.3. The van der Waals surface area contributed by atoms with Gasteiger partial charge in [0.1, 0.15) is 5.58 Å². The first-order valence-corrected chi connectivity index (χ1v) is 9.79. The first-order chi connectivity index (χ1) is 12.3. The van der Waals surface area contributed by atoms with E-state index in [0.717, 1.165) is 17.5 Å². The molecule has 0 unspecified atom stereocenters. The van der Waals surface area contributed by atoms with Crippen LogP contribution in [0.2, 0.25) is 0 Å². The average Bonchev–Trinajstić information content (AvgIpc) is 3.12. The van der Waals surface area contributed by atoms with Crippen LogP contribution in [0.3, 0.4) is 0 Å². The molecule has 1 aliphatic heterocycles. The Balaban J connectivity index is 1.47. The standard InChI is InChI=1S/C21H28N2O2/c24-20(19-15-17-9-3-4-10-18(17)25-19)22-16-21(11-5-1-6-12-21)23-13-7-2-8-14-23/h3-4,9-10,15H,1-2,5-8,11-14,16H2,(H,22,24). The van der Waals surface area contributed by atoms with E-state index in [1.165, 1.54) is 64.5 Å². The zero-order valence-corrected chi connectivity index (χ0v) is 14.9. The molecule has 1 saturated heterocycles. The number of furan rings is 1. The van der Waals surface area contributed by atoms with E-state index < -0.39 is 0 Å². The molecule has 2 heterocycles. The van der Waals surface area contributed by atoms with E-state index in [-0.39, 0.29) is 11.4 Å². The van der Waals surface area contributed by atoms with Gasteiger partial charge in [0.15, 0.2) is 5.76 Å². The summed E-state index contributed by atoms with van der Waals surface area (Å²) in [6.07, 6.45) is 10.2. The van der Waals surface area contributed by atoms with Gasteiger partial charge in [0, 0.05) is 17.5 Å². The topological polar surface area (TPSA) is 45.5 Å². The van der Waals surface area contributed by atoms with Crippen LogP contribution < -0.4 is 5.32 Å². The van der Waals surface area contributed by atoms with Crippen molar-refractivity contribution >= 4 is 16.9 Å². The second kappa shape index (κ2) is 7.20. The highest BCUT2D eigenvalue weighted by atomic mass is 16.3. The number of nitrogens with zero attached hydrogens (tertiary/aromatic N) is 1. The van der Waals surface area contributed by atoms with Crippen LogP contribution in [0, 0.1) is 0 Å². The fourth-order valence-corrected chi connectivity index (χ4v) is 4.61. The van der Waals surface area contributed by atoms with E-state index in [1.807, 2.05) is 30.3 Å². The molecule has 0 spiro atoms. The fourth-order valence-electron chi connectivity index (χ4n) is 4.61. The first-order valence-electron chi connectivity index (χ1n) is 9.79. The molecule has 1 N–H and O–H groups in total. The van der Waals surface area contributed by atoms with Crippen LogP contribution >= 0.6 is 0 Å². The third-order valence-electron chi connectivity index (χ3n) is 6.04. The Hall–Kier alpha value is -1.81. The summed E-state index contributed by atoms with van der Waals surface area (Å²) in [5.74, 6) is 0.337. The van der Waals surface area contributed by atoms with Crippen LogP contribution in [-0.2, 0) is 0 Å². The summed E-state index contributed by atoms with van der Waals surface area (Å²) in [5, 5.41) is 4.18. The van der Waals surface area contributed by atoms with E-state index >= 15 is 0 Å². The van der Waals surface area contributed by atoms with Crippen LogP contribution in [0.4, 0.5) is 0 Å². The zero-order valence-electron chi connectivity index (χ0n) is 14.9. The summed E-state index contributed by atoms with van der Waals surface area (Å²) >= 11 is 0. The average molecular weight is 340 g/mol. The van der Waals surface area contributed by atoms with Gasteiger partial charge in [0.05, 0.1) is 0 Å². The molecule has 1 aromatic heterocycles. The minimum absolute atomic E-state index is 0.0850. The van der Waals surface area contributed by atoms with Gasteiger partial charge in [-0.05, 0) is 50.9 Å². The van der Waals surface area contributed by atoms with Crippen LogP contribution in [0.25, 0.3) is 11.0 Å². The van der Waals surface area contributed by atoms with Crippen molar-refractivity contribution < 1.29 is 9.21 Å². The zero-order chi connectivity index (χ0) is 17.1. The summed E-state index contributed by atoms with van der Waals surface area (Å²) in [6, 6.07) is 9.63. The molecule has 4 nitrogen and oxygen atoms in total. The van der Waals surface area contributed by atoms with Crippen molar-refractivity contribution in [2.45, 2.75) is 56.9 Å². The quantitative estimate of drug-likeness (QED) is 0.900. The highest BCUT2D eigenvalue weighted by molar-refractivity contribution is 5.96. The number of likely N-dealkylation sites (tertiary alicyclic amines) is 1. The van der Waals surface area contributed by atoms with Crippen LogP contribution in [0.15, 0.2) is 34.7 Å². The Labute approximate surface area is 149 Å². The predicted molar refractivity (Wildman–Crippen MR) is 99.8 cm³/mol. The molecule has 1 amide bonds. The lowest BCUT2D eigenvalue weighted by atomic mass is 9.79. The lowest BCUT2D eigenvalue weighted by Crippen LogP contribution is -2.58. The molecule has 0 bridgehead atoms. The molecule has 2 aromatic rings. The number of para-hydroxylation sites is 1. The van der Waals surface area contributed by atoms with Crippen molar-refractivity contribution in [3.8, 4) is 0 Å². The lowest BCUT2D eigenvalue weighted by Gasteiger charge is -2.48. The summed E-state index contributed by atoms with van der Waals surface area (Å²) < 4.78 is 5.72. The SMILES string of the molecule is O=C(NCC1(N2CCCCC2)CCCCC1)c1cc2ccccc2o1. The lowest BCUT2D eigenvalue weighted by molar-refractivity contribution is 0.0323. The Morgan fingerprint density at radius 2 is 1.76 bits per heavy atom. The molecule has 1 saturated carbocycles. The third-order valence-corrected chi connectivity index (χ3v) is 6.04. The summed E-state index contributed by atoms with van der Waals surface area (Å²) in [7, 11) is 0. The Bertz CT molecular complexity index is 691. The smallest absolute Gasteiger partial charge is 0.287 e. The second-order valence-electron chi connectivity index (χ2n) is 7.66. The third kappa shape index (κ3) is 3.45. The Kier molecular flexibility index (Phi) is 4.80. The van der Waals surface area contributed by atoms with Gasteiger partial charge in [-0.15, -0.1) is 0 Å². The van der Waals surface area contributed by atoms with Gasteiger partial charge in [-0.2, -0.15) is 0 Å². The number of carbonyl (C=O) groups excluding carboxylic acids is 1. The van der Waals surface area contributed by atoms with Crippen molar-refractivity contribution in [2.75, 3.05) is 19.6 Å². The number of hydrogen-bond acceptors (Lipinski definition) is 3. The molecular weight excluding hydrogens is 312 g/mol. The van der Waals surface area contributed by atoms with Crippen LogP contribution in [0.1, 0.15) is 61.9 Å². The largest absolute Gasteiger partial charge is 0.451 e. The van der Waals surface area contributed by atoms with E-state index in [9.17, 15) is 4.79 Å². The highest BCUT2D eigenvalue weighted by Crippen LogP contribution is 2.35. The molecule has 25 heavy (non-hydrogen) atoms. The maximum absolute atomic E-state index is 12.7. The Morgan fingerprint density at radius 1 is 1.04 bits per heavy atom. The molecule has 0 atom stereocenters. The molecular formula is C21H28N2O2. The summed E-state index contributed by atoms with van der Waals surface area (Å²) in [4.78, 5) is 15.3. The van der Waals surface area contributed by atoms with Crippen molar-refractivity contribution in [3.63, 3.8) is 0 Å². The number of nitrogens with one attached hydrogen (secondary N) is 1. The van der Waals surface area contributed by atoms with E-state index in [0.29, 0.717) is 5.76 Å². The first kappa shape index (κ1) is 16.6. The molecule has 1 aromatic carbocycles. The molecule has 2 aliphatic rings. The molecule has 4 heteroatoms. The molecule has 134 valence electrons. The fraction of sp³-hybridized carbons (Fsp3) is 0.571. The van der Waals surface area contributed by atoms with Gasteiger partial charge < -0.3 is 9.73 Å². The maximum atomic E-state index is 12.7. The van der Waals surface area contributed by atoms with Crippen molar-refractivity contribution in [2.24, 2.45) is 0 Å². The molecule has 0 radical (unpaired) electrons. The van der Waals surface area contributed by atoms with E-state index in [2.05, 4.69) is 10.2 Å². The summed E-state index contributed by atoms with van der Waals surface area (Å²) in [6.45, 7) is 3.10. The highest BCUT2D eigenvalue weighted by Gasteiger charge is 2.38. The molecule has 4 rings (SSSR count). The van der Waals surface area contributed by atoms with Gasteiger partial charge in [-0.1, -0.05) is 43.9 Å². The second-order valence-corrected chi connectivity index (χ2v) is 7.66. The van der Waals surface area contributed by atoms with Crippen molar-refractivity contribution in [1.29, 1.82) is 0 Å². The van der Waals surface area contributed by atoms with Gasteiger partial charge >= 0.3 is 0 Å². The van der Waals surface area contributed by atoms with E-state index in [4.69, 9.17) is 4.42 Å². The maximum Gasteiger partial charge on any atom is 0.287 e. The van der Waals surface area contributed by atoms with Gasteiger partial charge in [0.25, 0.3) is 5.91 Å². The van der Waals surface area contributed by atoms with Gasteiger partial charge in [-0.25, -0.2) is 0 Å². The minimum atomic E-state index is -0.0850. The molecule has 1 aliphatic carbocycles. The Morgan fingerprint density at radius 3 is 2.52 bits per heavy atom. The number of rotatable bonds is 4. The number of piperidine rings is 1. The van der Waals surface area contributed by atoms with E-state index in [1.54, 1.807) is 0 Å². The van der Waals surface area contributed by atoms with Crippen LogP contribution in [0.5, 0.6) is 0 Å². The van der Waals surface area contributed by atoms with Crippen LogP contribution in [-0.4, -0.2) is 36.0 Å². The predicted octanol–water partition coefficient (Wildman–Crippen LogP) is 4.35.